The number of hydrogen-bond donors (Lipinski definition) is 0. The highest BCUT2D eigenvalue weighted by atomic mass is 28.3. The molecule has 15 heavy (non-hydrogen) atoms. The third-order valence-electron chi connectivity index (χ3n) is 2.32. The van der Waals surface area contributed by atoms with E-state index >= 15 is 0 Å². The summed E-state index contributed by atoms with van der Waals surface area (Å²) in [5.41, 5.74) is 0. The maximum absolute atomic E-state index is 10.8. The van der Waals surface area contributed by atoms with E-state index in [-0.39, 0.29) is 12.4 Å². The summed E-state index contributed by atoms with van der Waals surface area (Å²) in [5.74, 6) is 0.0906. The predicted octanol–water partition coefficient (Wildman–Crippen LogP) is 1.75. The highest BCUT2D eigenvalue weighted by Crippen LogP contribution is 2.03. The summed E-state index contributed by atoms with van der Waals surface area (Å²) in [6.07, 6.45) is 0.705. The van der Waals surface area contributed by atoms with Crippen molar-refractivity contribution in [2.24, 2.45) is 0 Å². The summed E-state index contributed by atoms with van der Waals surface area (Å²) in [6.45, 7) is 6.30. The summed E-state index contributed by atoms with van der Waals surface area (Å²) in [5, 5.41) is 1.37. The molecule has 0 N–H and O–H groups in total. The minimum Gasteiger partial charge on any atom is -0.377 e. The first-order valence-corrected chi connectivity index (χ1v) is 8.36. The van der Waals surface area contributed by atoms with Gasteiger partial charge < -0.3 is 4.74 Å². The van der Waals surface area contributed by atoms with Gasteiger partial charge in [-0.05, 0) is 6.92 Å². The van der Waals surface area contributed by atoms with Gasteiger partial charge in [-0.2, -0.15) is 0 Å². The van der Waals surface area contributed by atoms with E-state index < -0.39 is 8.07 Å². The molecule has 0 spiro atoms. The Morgan fingerprint density at radius 2 is 1.87 bits per heavy atom. The third kappa shape index (κ3) is 3.97. The molecule has 1 aromatic rings. The molecule has 0 saturated carbocycles. The van der Waals surface area contributed by atoms with Crippen LogP contribution < -0.4 is 5.19 Å². The molecule has 1 rings (SSSR count). The zero-order valence-corrected chi connectivity index (χ0v) is 10.6. The van der Waals surface area contributed by atoms with Gasteiger partial charge in [0, 0.05) is 6.23 Å². The van der Waals surface area contributed by atoms with E-state index in [2.05, 4.69) is 37.4 Å². The average Bonchev–Trinajstić information content (AvgIpc) is 2.18. The first-order valence-electron chi connectivity index (χ1n) is 5.15. The molecule has 2 nitrogen and oxygen atoms in total. The number of rotatable bonds is 5. The highest BCUT2D eigenvalue weighted by Gasteiger charge is 2.23. The summed E-state index contributed by atoms with van der Waals surface area (Å²) in [6, 6.07) is 10.4. The van der Waals surface area contributed by atoms with E-state index in [9.17, 15) is 4.79 Å². The van der Waals surface area contributed by atoms with Crippen LogP contribution in [-0.4, -0.2) is 26.7 Å². The Hall–Kier alpha value is -0.933. The van der Waals surface area contributed by atoms with E-state index in [1.807, 2.05) is 6.07 Å². The SMILES string of the molecule is CC(=O)COC[Si](C)(C)c1ccccc1. The van der Waals surface area contributed by atoms with Crippen molar-refractivity contribution >= 4 is 19.0 Å². The lowest BCUT2D eigenvalue weighted by Gasteiger charge is -2.22. The van der Waals surface area contributed by atoms with Crippen molar-refractivity contribution in [1.82, 2.24) is 0 Å². The van der Waals surface area contributed by atoms with E-state index in [0.29, 0.717) is 6.23 Å². The largest absolute Gasteiger partial charge is 0.377 e. The predicted molar refractivity (Wildman–Crippen MR) is 65.1 cm³/mol. The van der Waals surface area contributed by atoms with Gasteiger partial charge in [0.1, 0.15) is 14.7 Å². The summed E-state index contributed by atoms with van der Waals surface area (Å²) < 4.78 is 5.43. The van der Waals surface area contributed by atoms with E-state index in [1.54, 1.807) is 6.92 Å². The zero-order chi connectivity index (χ0) is 11.3. The Morgan fingerprint density at radius 1 is 1.27 bits per heavy atom. The van der Waals surface area contributed by atoms with Crippen LogP contribution in [0.4, 0.5) is 0 Å². The molecule has 82 valence electrons. The van der Waals surface area contributed by atoms with Crippen LogP contribution in [0, 0.1) is 0 Å². The molecule has 0 bridgehead atoms. The third-order valence-corrected chi connectivity index (χ3v) is 5.15. The quantitative estimate of drug-likeness (QED) is 0.709. The van der Waals surface area contributed by atoms with Crippen LogP contribution in [0.5, 0.6) is 0 Å². The maximum atomic E-state index is 10.8. The van der Waals surface area contributed by atoms with Gasteiger partial charge in [-0.1, -0.05) is 48.6 Å². The zero-order valence-electron chi connectivity index (χ0n) is 9.62. The second-order valence-electron chi connectivity index (χ2n) is 4.44. The fourth-order valence-electron chi connectivity index (χ4n) is 1.42. The van der Waals surface area contributed by atoms with Crippen molar-refractivity contribution in [2.45, 2.75) is 20.0 Å². The second kappa shape index (κ2) is 5.23. The fraction of sp³-hybridized carbons (Fsp3) is 0.417. The Kier molecular flexibility index (Phi) is 4.24. The minimum atomic E-state index is -1.52. The number of carbonyl (C=O) groups is 1. The lowest BCUT2D eigenvalue weighted by Crippen LogP contribution is -2.46. The number of ether oxygens (including phenoxy) is 1. The number of carbonyl (C=O) groups excluding carboxylic acids is 1. The second-order valence-corrected chi connectivity index (χ2v) is 9.08. The van der Waals surface area contributed by atoms with Gasteiger partial charge in [0.2, 0.25) is 0 Å². The Morgan fingerprint density at radius 3 is 2.40 bits per heavy atom. The Balaban J connectivity index is 2.56. The molecule has 0 radical (unpaired) electrons. The van der Waals surface area contributed by atoms with Crippen molar-refractivity contribution in [3.8, 4) is 0 Å². The lowest BCUT2D eigenvalue weighted by molar-refractivity contribution is -0.120. The summed E-state index contributed by atoms with van der Waals surface area (Å²) in [4.78, 5) is 10.8. The maximum Gasteiger partial charge on any atom is 0.155 e. The van der Waals surface area contributed by atoms with Gasteiger partial charge in [0.15, 0.2) is 5.78 Å². The molecule has 1 aromatic carbocycles. The van der Waals surface area contributed by atoms with Gasteiger partial charge in [-0.25, -0.2) is 0 Å². The van der Waals surface area contributed by atoms with Crippen molar-refractivity contribution in [1.29, 1.82) is 0 Å². The van der Waals surface area contributed by atoms with Crippen LogP contribution in [0.2, 0.25) is 13.1 Å². The van der Waals surface area contributed by atoms with Crippen LogP contribution in [0.1, 0.15) is 6.92 Å². The molecule has 0 aliphatic rings. The molecule has 0 atom stereocenters. The normalized spacial score (nSPS) is 11.4. The van der Waals surface area contributed by atoms with Gasteiger partial charge >= 0.3 is 0 Å². The van der Waals surface area contributed by atoms with E-state index in [1.165, 1.54) is 5.19 Å². The van der Waals surface area contributed by atoms with Gasteiger partial charge in [-0.3, -0.25) is 4.79 Å². The first kappa shape index (κ1) is 12.1. The number of hydrogen-bond acceptors (Lipinski definition) is 2. The van der Waals surface area contributed by atoms with Crippen molar-refractivity contribution in [2.75, 3.05) is 12.8 Å². The van der Waals surface area contributed by atoms with Gasteiger partial charge in [0.25, 0.3) is 0 Å². The smallest absolute Gasteiger partial charge is 0.155 e. The molecular formula is C12H18O2Si. The Labute approximate surface area is 92.3 Å². The molecule has 0 aromatic heterocycles. The molecule has 0 aliphatic carbocycles. The molecule has 0 amide bonds. The summed E-state index contributed by atoms with van der Waals surface area (Å²) >= 11 is 0. The number of Topliss-reactive ketones (excluding diaryl/α,β-unsaturated/α-hetero) is 1. The van der Waals surface area contributed by atoms with Crippen LogP contribution in [0.3, 0.4) is 0 Å². The monoisotopic (exact) mass is 222 g/mol. The van der Waals surface area contributed by atoms with Crippen molar-refractivity contribution in [3.05, 3.63) is 30.3 Å². The molecule has 3 heteroatoms. The van der Waals surface area contributed by atoms with Crippen molar-refractivity contribution < 1.29 is 9.53 Å². The van der Waals surface area contributed by atoms with Gasteiger partial charge in [0.05, 0.1) is 0 Å². The molecule has 0 fully saturated rings. The standard InChI is InChI=1S/C12H18O2Si/c1-11(13)9-14-10-15(2,3)12-7-5-4-6-8-12/h4-8H,9-10H2,1-3H3. The molecule has 0 saturated heterocycles. The van der Waals surface area contributed by atoms with Crippen LogP contribution in [0.15, 0.2) is 30.3 Å². The van der Waals surface area contributed by atoms with E-state index in [4.69, 9.17) is 4.74 Å². The van der Waals surface area contributed by atoms with Crippen LogP contribution >= 0.6 is 0 Å². The van der Waals surface area contributed by atoms with Gasteiger partial charge in [-0.15, -0.1) is 0 Å². The van der Waals surface area contributed by atoms with Crippen LogP contribution in [-0.2, 0) is 9.53 Å². The van der Waals surface area contributed by atoms with E-state index in [0.717, 1.165) is 0 Å². The highest BCUT2D eigenvalue weighted by molar-refractivity contribution is 6.89. The minimum absolute atomic E-state index is 0.0906. The molecular weight excluding hydrogens is 204 g/mol. The molecule has 0 heterocycles. The number of ketones is 1. The first-order chi connectivity index (χ1) is 7.02. The lowest BCUT2D eigenvalue weighted by atomic mass is 10.4. The van der Waals surface area contributed by atoms with Crippen LogP contribution in [0.25, 0.3) is 0 Å². The molecule has 0 aliphatic heterocycles. The summed E-state index contributed by atoms with van der Waals surface area (Å²) in [7, 11) is -1.52. The number of benzene rings is 1. The molecule has 0 unspecified atom stereocenters. The topological polar surface area (TPSA) is 26.3 Å². The fourth-order valence-corrected chi connectivity index (χ4v) is 3.30. The van der Waals surface area contributed by atoms with Crippen molar-refractivity contribution in [3.63, 3.8) is 0 Å². The Bertz CT molecular complexity index is 320. The average molecular weight is 222 g/mol.